The van der Waals surface area contributed by atoms with E-state index < -0.39 is 5.60 Å². The molecule has 2 aliphatic rings. The fraction of sp³-hybridized carbons (Fsp3) is 0.667. The molecule has 4 heteroatoms. The highest BCUT2D eigenvalue weighted by Crippen LogP contribution is 2.50. The van der Waals surface area contributed by atoms with E-state index in [9.17, 15) is 9.90 Å². The van der Waals surface area contributed by atoms with Gasteiger partial charge < -0.3 is 14.7 Å². The van der Waals surface area contributed by atoms with Crippen LogP contribution in [-0.4, -0.2) is 36.9 Å². The predicted octanol–water partition coefficient (Wildman–Crippen LogP) is 3.56. The molecule has 1 aliphatic carbocycles. The van der Waals surface area contributed by atoms with Gasteiger partial charge in [0.15, 0.2) is 0 Å². The summed E-state index contributed by atoms with van der Waals surface area (Å²) in [5, 5.41) is 10.7. The summed E-state index contributed by atoms with van der Waals surface area (Å²) in [5.74, 6) is 0.500. The van der Waals surface area contributed by atoms with Crippen LogP contribution < -0.4 is 4.90 Å². The Bertz CT molecular complexity index is 600. The Labute approximate surface area is 151 Å². The number of hydrogen-bond donors (Lipinski definition) is 1. The molecule has 1 saturated carbocycles. The predicted molar refractivity (Wildman–Crippen MR) is 99.7 cm³/mol. The highest BCUT2D eigenvalue weighted by Gasteiger charge is 2.52. The van der Waals surface area contributed by atoms with E-state index in [-0.39, 0.29) is 17.2 Å². The average molecular weight is 345 g/mol. The number of carbonyl (C=O) groups is 1. The molecule has 138 valence electrons. The fourth-order valence-electron chi connectivity index (χ4n) is 4.33. The summed E-state index contributed by atoms with van der Waals surface area (Å²) in [4.78, 5) is 15.1. The molecular formula is C21H31NO3. The number of rotatable bonds is 5. The Morgan fingerprint density at radius 3 is 2.32 bits per heavy atom. The van der Waals surface area contributed by atoms with Gasteiger partial charge in [0.05, 0.1) is 17.6 Å². The van der Waals surface area contributed by atoms with E-state index in [1.807, 2.05) is 4.90 Å². The van der Waals surface area contributed by atoms with Crippen LogP contribution in [0.3, 0.4) is 0 Å². The monoisotopic (exact) mass is 345 g/mol. The van der Waals surface area contributed by atoms with Crippen LogP contribution in [0.2, 0.25) is 0 Å². The summed E-state index contributed by atoms with van der Waals surface area (Å²) in [6.07, 6.45) is 4.89. The van der Waals surface area contributed by atoms with Crippen LogP contribution in [-0.2, 0) is 16.0 Å². The van der Waals surface area contributed by atoms with Gasteiger partial charge in [-0.2, -0.15) is 0 Å². The fourth-order valence-corrected chi connectivity index (χ4v) is 4.33. The minimum absolute atomic E-state index is 0.247. The highest BCUT2D eigenvalue weighted by atomic mass is 16.5. The summed E-state index contributed by atoms with van der Waals surface area (Å²) in [6, 6.07) is 8.28. The van der Waals surface area contributed by atoms with Gasteiger partial charge in [-0.15, -0.1) is 0 Å². The standard InChI is InChI=1S/C21H31NO3/c1-16(2)21(24)11-9-20(10-12-21)13-14-22(19(20)23)18-6-4-17(5-7-18)8-15-25-3/h4-7,16,24H,8-15H2,1-3H3. The van der Waals surface area contributed by atoms with Gasteiger partial charge in [-0.1, -0.05) is 26.0 Å². The van der Waals surface area contributed by atoms with Gasteiger partial charge in [0.2, 0.25) is 5.91 Å². The second-order valence-corrected chi connectivity index (χ2v) is 8.15. The Morgan fingerprint density at radius 1 is 1.12 bits per heavy atom. The maximum absolute atomic E-state index is 13.1. The largest absolute Gasteiger partial charge is 0.390 e. The van der Waals surface area contributed by atoms with E-state index in [0.717, 1.165) is 50.8 Å². The molecule has 0 atom stereocenters. The van der Waals surface area contributed by atoms with Crippen molar-refractivity contribution < 1.29 is 14.6 Å². The van der Waals surface area contributed by atoms with Gasteiger partial charge in [0.1, 0.15) is 0 Å². The van der Waals surface area contributed by atoms with Gasteiger partial charge in [-0.25, -0.2) is 0 Å². The highest BCUT2D eigenvalue weighted by molar-refractivity contribution is 6.00. The number of methoxy groups -OCH3 is 1. The molecule has 1 aromatic carbocycles. The van der Waals surface area contributed by atoms with E-state index in [1.54, 1.807) is 7.11 Å². The molecule has 1 N–H and O–H groups in total. The molecule has 2 fully saturated rings. The zero-order valence-corrected chi connectivity index (χ0v) is 15.8. The Balaban J connectivity index is 1.68. The molecule has 1 spiro atoms. The number of nitrogens with zero attached hydrogens (tertiary/aromatic N) is 1. The van der Waals surface area contributed by atoms with Gasteiger partial charge in [0, 0.05) is 19.3 Å². The minimum atomic E-state index is -0.595. The molecule has 0 aromatic heterocycles. The van der Waals surface area contributed by atoms with Crippen molar-refractivity contribution in [1.82, 2.24) is 0 Å². The SMILES string of the molecule is COCCc1ccc(N2CCC3(CCC(O)(C(C)C)CC3)C2=O)cc1. The third-order valence-corrected chi connectivity index (χ3v) is 6.50. The first-order valence-corrected chi connectivity index (χ1v) is 9.52. The van der Waals surface area contributed by atoms with E-state index >= 15 is 0 Å². The normalized spacial score (nSPS) is 29.8. The van der Waals surface area contributed by atoms with Crippen molar-refractivity contribution in [2.45, 2.75) is 58.0 Å². The van der Waals surface area contributed by atoms with Crippen LogP contribution in [0, 0.1) is 11.3 Å². The van der Waals surface area contributed by atoms with Crippen molar-refractivity contribution >= 4 is 11.6 Å². The van der Waals surface area contributed by atoms with E-state index in [4.69, 9.17) is 4.74 Å². The summed E-state index contributed by atoms with van der Waals surface area (Å²) in [7, 11) is 1.71. The minimum Gasteiger partial charge on any atom is -0.390 e. The molecular weight excluding hydrogens is 314 g/mol. The van der Waals surface area contributed by atoms with Crippen LogP contribution in [0.25, 0.3) is 0 Å². The van der Waals surface area contributed by atoms with Crippen molar-refractivity contribution in [3.63, 3.8) is 0 Å². The summed E-state index contributed by atoms with van der Waals surface area (Å²) < 4.78 is 5.12. The van der Waals surface area contributed by atoms with E-state index in [0.29, 0.717) is 6.61 Å². The third-order valence-electron chi connectivity index (χ3n) is 6.50. The van der Waals surface area contributed by atoms with Crippen molar-refractivity contribution in [2.75, 3.05) is 25.2 Å². The molecule has 0 bridgehead atoms. The topological polar surface area (TPSA) is 49.8 Å². The number of amides is 1. The Kier molecular flexibility index (Phi) is 5.21. The number of ether oxygens (including phenoxy) is 1. The number of anilines is 1. The second-order valence-electron chi connectivity index (χ2n) is 8.15. The van der Waals surface area contributed by atoms with Crippen molar-refractivity contribution in [1.29, 1.82) is 0 Å². The summed E-state index contributed by atoms with van der Waals surface area (Å²) in [6.45, 7) is 5.65. The first kappa shape index (κ1) is 18.4. The van der Waals surface area contributed by atoms with Crippen LogP contribution in [0.4, 0.5) is 5.69 Å². The molecule has 1 aromatic rings. The zero-order valence-electron chi connectivity index (χ0n) is 15.8. The van der Waals surface area contributed by atoms with Gasteiger partial charge in [-0.3, -0.25) is 4.79 Å². The maximum atomic E-state index is 13.1. The van der Waals surface area contributed by atoms with E-state index in [1.165, 1.54) is 5.56 Å². The number of aliphatic hydroxyl groups is 1. The average Bonchev–Trinajstić information content (AvgIpc) is 2.93. The summed E-state index contributed by atoms with van der Waals surface area (Å²) in [5.41, 5.74) is 1.37. The molecule has 1 saturated heterocycles. The number of carbonyl (C=O) groups excluding carboxylic acids is 1. The second kappa shape index (κ2) is 7.08. The van der Waals surface area contributed by atoms with Gasteiger partial charge in [-0.05, 0) is 62.1 Å². The summed E-state index contributed by atoms with van der Waals surface area (Å²) >= 11 is 0. The van der Waals surface area contributed by atoms with Gasteiger partial charge in [0.25, 0.3) is 0 Å². The molecule has 0 radical (unpaired) electrons. The van der Waals surface area contributed by atoms with Crippen LogP contribution in [0.15, 0.2) is 24.3 Å². The lowest BCUT2D eigenvalue weighted by Gasteiger charge is -2.43. The first-order valence-electron chi connectivity index (χ1n) is 9.52. The van der Waals surface area contributed by atoms with Crippen molar-refractivity contribution in [3.8, 4) is 0 Å². The number of benzene rings is 1. The maximum Gasteiger partial charge on any atom is 0.233 e. The lowest BCUT2D eigenvalue weighted by atomic mass is 9.65. The van der Waals surface area contributed by atoms with Crippen LogP contribution >= 0.6 is 0 Å². The van der Waals surface area contributed by atoms with Crippen molar-refractivity contribution in [2.24, 2.45) is 11.3 Å². The van der Waals surface area contributed by atoms with E-state index in [2.05, 4.69) is 38.1 Å². The molecule has 0 unspecified atom stereocenters. The molecule has 3 rings (SSSR count). The Morgan fingerprint density at radius 2 is 1.76 bits per heavy atom. The Hall–Kier alpha value is -1.39. The first-order chi connectivity index (χ1) is 11.9. The lowest BCUT2D eigenvalue weighted by molar-refractivity contribution is -0.132. The molecule has 25 heavy (non-hydrogen) atoms. The van der Waals surface area contributed by atoms with Crippen molar-refractivity contribution in [3.05, 3.63) is 29.8 Å². The lowest BCUT2D eigenvalue weighted by Crippen LogP contribution is -2.46. The molecule has 1 aliphatic heterocycles. The van der Waals surface area contributed by atoms with Crippen LogP contribution in [0.5, 0.6) is 0 Å². The zero-order chi connectivity index (χ0) is 18.1. The molecule has 1 amide bonds. The molecule has 4 nitrogen and oxygen atoms in total. The number of hydrogen-bond acceptors (Lipinski definition) is 3. The van der Waals surface area contributed by atoms with Crippen LogP contribution in [0.1, 0.15) is 51.5 Å². The third kappa shape index (κ3) is 3.47. The van der Waals surface area contributed by atoms with Gasteiger partial charge >= 0.3 is 0 Å². The smallest absolute Gasteiger partial charge is 0.233 e. The molecule has 1 heterocycles. The quantitative estimate of drug-likeness (QED) is 0.888.